The highest BCUT2D eigenvalue weighted by molar-refractivity contribution is 8.16. The Morgan fingerprint density at radius 1 is 1.00 bits per heavy atom. The molecule has 3 aromatic rings. The standard InChI is InChI=1S/C21H26N2OS2/c1-3-13-25-21(26-14-4-2)18-9-5-6-10-19(18)24-16-17-15-23-12-8-7-11-20(23)22-17/h5-12,15,21H,3-4,13-14,16H2,1-2H3. The second-order valence-electron chi connectivity index (χ2n) is 6.10. The Kier molecular flexibility index (Phi) is 7.32. The lowest BCUT2D eigenvalue weighted by molar-refractivity contribution is 0.299. The number of para-hydroxylation sites is 1. The molecule has 2 heterocycles. The highest BCUT2D eigenvalue weighted by Crippen LogP contribution is 2.43. The van der Waals surface area contributed by atoms with E-state index >= 15 is 0 Å². The molecule has 3 nitrogen and oxygen atoms in total. The molecule has 0 atom stereocenters. The number of imidazole rings is 1. The Hall–Kier alpha value is -1.59. The normalized spacial score (nSPS) is 11.3. The molecule has 0 aliphatic rings. The first-order valence-corrected chi connectivity index (χ1v) is 11.3. The van der Waals surface area contributed by atoms with Crippen LogP contribution in [0.15, 0.2) is 54.9 Å². The summed E-state index contributed by atoms with van der Waals surface area (Å²) in [4.78, 5) is 4.63. The van der Waals surface area contributed by atoms with Gasteiger partial charge in [-0.05, 0) is 42.5 Å². The molecule has 138 valence electrons. The maximum Gasteiger partial charge on any atom is 0.137 e. The third-order valence-electron chi connectivity index (χ3n) is 3.91. The third-order valence-corrected chi connectivity index (χ3v) is 7.13. The average molecular weight is 387 g/mol. The van der Waals surface area contributed by atoms with Crippen molar-refractivity contribution in [3.63, 3.8) is 0 Å². The predicted octanol–water partition coefficient (Wildman–Crippen LogP) is 6.20. The number of aromatic nitrogens is 2. The maximum atomic E-state index is 6.19. The fourth-order valence-corrected chi connectivity index (χ4v) is 5.30. The first-order chi connectivity index (χ1) is 12.8. The van der Waals surface area contributed by atoms with Gasteiger partial charge in [-0.15, -0.1) is 23.5 Å². The smallest absolute Gasteiger partial charge is 0.137 e. The van der Waals surface area contributed by atoms with E-state index in [1.165, 1.54) is 29.9 Å². The van der Waals surface area contributed by atoms with Crippen molar-refractivity contribution in [3.05, 3.63) is 66.1 Å². The van der Waals surface area contributed by atoms with Crippen LogP contribution < -0.4 is 4.74 Å². The Balaban J connectivity index is 1.74. The summed E-state index contributed by atoms with van der Waals surface area (Å²) in [6.07, 6.45) is 6.43. The van der Waals surface area contributed by atoms with Crippen molar-refractivity contribution in [1.29, 1.82) is 0 Å². The summed E-state index contributed by atoms with van der Waals surface area (Å²) in [5.74, 6) is 3.31. The average Bonchev–Trinajstić information content (AvgIpc) is 3.10. The van der Waals surface area contributed by atoms with Crippen molar-refractivity contribution >= 4 is 29.2 Å². The molecule has 0 radical (unpaired) electrons. The van der Waals surface area contributed by atoms with Gasteiger partial charge in [0.1, 0.15) is 18.0 Å². The summed E-state index contributed by atoms with van der Waals surface area (Å²) >= 11 is 4.03. The molecule has 0 saturated heterocycles. The molecule has 3 rings (SSSR count). The van der Waals surface area contributed by atoms with Crippen molar-refractivity contribution in [1.82, 2.24) is 9.38 Å². The molecule has 1 aromatic carbocycles. The van der Waals surface area contributed by atoms with Crippen LogP contribution in [-0.2, 0) is 6.61 Å². The first kappa shape index (κ1) is 19.2. The predicted molar refractivity (Wildman–Crippen MR) is 114 cm³/mol. The van der Waals surface area contributed by atoms with Gasteiger partial charge in [0, 0.05) is 18.0 Å². The topological polar surface area (TPSA) is 26.5 Å². The minimum atomic E-state index is 0.423. The monoisotopic (exact) mass is 386 g/mol. The molecule has 0 saturated carbocycles. The SMILES string of the molecule is CCCSC(SCCC)c1ccccc1OCc1cn2ccccc2n1. The van der Waals surface area contributed by atoms with Gasteiger partial charge in [-0.3, -0.25) is 0 Å². The number of rotatable bonds is 10. The van der Waals surface area contributed by atoms with Crippen molar-refractivity contribution in [3.8, 4) is 5.75 Å². The van der Waals surface area contributed by atoms with Crippen LogP contribution in [0.2, 0.25) is 0 Å². The molecule has 0 aliphatic heterocycles. The van der Waals surface area contributed by atoms with Gasteiger partial charge in [-0.25, -0.2) is 4.98 Å². The van der Waals surface area contributed by atoms with E-state index in [2.05, 4.69) is 43.1 Å². The lowest BCUT2D eigenvalue weighted by Crippen LogP contribution is -2.01. The summed E-state index contributed by atoms with van der Waals surface area (Å²) in [6.45, 7) is 4.96. The number of hydrogen-bond donors (Lipinski definition) is 0. The van der Waals surface area contributed by atoms with Crippen LogP contribution in [0, 0.1) is 0 Å². The maximum absolute atomic E-state index is 6.19. The lowest BCUT2D eigenvalue weighted by Gasteiger charge is -2.19. The molecule has 0 aliphatic carbocycles. The Morgan fingerprint density at radius 2 is 1.73 bits per heavy atom. The van der Waals surface area contributed by atoms with Gasteiger partial charge in [-0.2, -0.15) is 0 Å². The van der Waals surface area contributed by atoms with E-state index in [1.54, 1.807) is 0 Å². The van der Waals surface area contributed by atoms with Crippen LogP contribution in [0.4, 0.5) is 0 Å². The van der Waals surface area contributed by atoms with E-state index < -0.39 is 0 Å². The Bertz CT molecular complexity index is 777. The van der Waals surface area contributed by atoms with E-state index in [1.807, 2.05) is 58.5 Å². The second kappa shape index (κ2) is 9.93. The van der Waals surface area contributed by atoms with Gasteiger partial charge < -0.3 is 9.14 Å². The molecule has 0 fully saturated rings. The van der Waals surface area contributed by atoms with Crippen LogP contribution in [0.3, 0.4) is 0 Å². The van der Waals surface area contributed by atoms with Gasteiger partial charge in [0.25, 0.3) is 0 Å². The minimum absolute atomic E-state index is 0.423. The fraction of sp³-hybridized carbons (Fsp3) is 0.381. The molecule has 0 unspecified atom stereocenters. The van der Waals surface area contributed by atoms with E-state index in [9.17, 15) is 0 Å². The van der Waals surface area contributed by atoms with Crippen LogP contribution in [-0.4, -0.2) is 20.9 Å². The van der Waals surface area contributed by atoms with E-state index in [0.717, 1.165) is 17.1 Å². The zero-order chi connectivity index (χ0) is 18.2. The zero-order valence-corrected chi connectivity index (χ0v) is 17.1. The zero-order valence-electron chi connectivity index (χ0n) is 15.4. The number of ether oxygens (including phenoxy) is 1. The number of pyridine rings is 1. The number of nitrogens with zero attached hydrogens (tertiary/aromatic N) is 2. The molecule has 0 bridgehead atoms. The van der Waals surface area contributed by atoms with Crippen molar-refractivity contribution < 1.29 is 4.74 Å². The van der Waals surface area contributed by atoms with Gasteiger partial charge in [-0.1, -0.05) is 38.1 Å². The quantitative estimate of drug-likeness (QED) is 0.388. The molecule has 26 heavy (non-hydrogen) atoms. The summed E-state index contributed by atoms with van der Waals surface area (Å²) in [7, 11) is 0. The first-order valence-electron chi connectivity index (χ1n) is 9.19. The van der Waals surface area contributed by atoms with Crippen LogP contribution >= 0.6 is 23.5 Å². The molecule has 0 amide bonds. The third kappa shape index (κ3) is 4.98. The van der Waals surface area contributed by atoms with Crippen LogP contribution in [0.5, 0.6) is 5.75 Å². The molecule has 2 aromatic heterocycles. The molecular formula is C21H26N2OS2. The second-order valence-corrected chi connectivity index (χ2v) is 8.82. The fourth-order valence-electron chi connectivity index (χ4n) is 2.69. The Labute approximate surface area is 164 Å². The minimum Gasteiger partial charge on any atom is -0.487 e. The Morgan fingerprint density at radius 3 is 2.46 bits per heavy atom. The molecule has 0 spiro atoms. The number of hydrogen-bond acceptors (Lipinski definition) is 4. The number of fused-ring (bicyclic) bond motifs is 1. The summed E-state index contributed by atoms with van der Waals surface area (Å²) in [6, 6.07) is 14.5. The van der Waals surface area contributed by atoms with E-state index in [-0.39, 0.29) is 0 Å². The van der Waals surface area contributed by atoms with Crippen LogP contribution in [0.25, 0.3) is 5.65 Å². The van der Waals surface area contributed by atoms with Gasteiger partial charge in [0.15, 0.2) is 0 Å². The van der Waals surface area contributed by atoms with E-state index in [0.29, 0.717) is 11.2 Å². The van der Waals surface area contributed by atoms with Crippen molar-refractivity contribution in [2.75, 3.05) is 11.5 Å². The van der Waals surface area contributed by atoms with E-state index in [4.69, 9.17) is 4.74 Å². The van der Waals surface area contributed by atoms with Crippen molar-refractivity contribution in [2.24, 2.45) is 0 Å². The van der Waals surface area contributed by atoms with Crippen LogP contribution in [0.1, 0.15) is 42.5 Å². The highest BCUT2D eigenvalue weighted by atomic mass is 32.2. The summed E-state index contributed by atoms with van der Waals surface area (Å²) < 4.78 is 8.64. The van der Waals surface area contributed by atoms with Crippen molar-refractivity contribution in [2.45, 2.75) is 37.9 Å². The van der Waals surface area contributed by atoms with Gasteiger partial charge >= 0.3 is 0 Å². The number of benzene rings is 1. The summed E-state index contributed by atoms with van der Waals surface area (Å²) in [5, 5.41) is 0. The molecule has 0 N–H and O–H groups in total. The summed E-state index contributed by atoms with van der Waals surface area (Å²) in [5.41, 5.74) is 3.19. The lowest BCUT2D eigenvalue weighted by atomic mass is 10.2. The number of thioether (sulfide) groups is 2. The largest absolute Gasteiger partial charge is 0.487 e. The molecule has 5 heteroatoms. The van der Waals surface area contributed by atoms with Gasteiger partial charge in [0.05, 0.1) is 10.3 Å². The highest BCUT2D eigenvalue weighted by Gasteiger charge is 2.17. The van der Waals surface area contributed by atoms with Gasteiger partial charge in [0.2, 0.25) is 0 Å². The molecular weight excluding hydrogens is 360 g/mol.